The van der Waals surface area contributed by atoms with E-state index >= 15 is 0 Å². The van der Waals surface area contributed by atoms with Crippen LogP contribution in [-0.4, -0.2) is 25.1 Å². The summed E-state index contributed by atoms with van der Waals surface area (Å²) in [6.07, 6.45) is 3.59. The number of nitrogens with two attached hydrogens (primary N) is 1. The van der Waals surface area contributed by atoms with Gasteiger partial charge in [0, 0.05) is 23.2 Å². The van der Waals surface area contributed by atoms with Crippen molar-refractivity contribution < 1.29 is 0 Å². The van der Waals surface area contributed by atoms with E-state index in [0.717, 1.165) is 44.5 Å². The fourth-order valence-electron chi connectivity index (χ4n) is 3.14. The minimum absolute atomic E-state index is 0.505. The van der Waals surface area contributed by atoms with Gasteiger partial charge in [0.25, 0.3) is 0 Å². The molecule has 0 aliphatic carbocycles. The molecule has 0 radical (unpaired) electrons. The number of hydrogen-bond donors (Lipinski definition) is 3. The first-order valence-corrected chi connectivity index (χ1v) is 7.93. The van der Waals surface area contributed by atoms with Gasteiger partial charge in [0.2, 0.25) is 0 Å². The first kappa shape index (κ1) is 13.7. The van der Waals surface area contributed by atoms with E-state index in [4.69, 9.17) is 5.73 Å². The summed E-state index contributed by atoms with van der Waals surface area (Å²) in [5, 5.41) is 8.96. The number of rotatable bonds is 2. The molecular weight excluding hydrogens is 312 g/mol. The zero-order valence-electron chi connectivity index (χ0n) is 13.2. The van der Waals surface area contributed by atoms with E-state index in [2.05, 4.69) is 43.3 Å². The minimum atomic E-state index is 0.505. The standard InChI is InChI=1S/C19H14N6/c20-18-14-9-11(4-5-15(14)24-25-18)12-6-8-22-19-13(12)10-17(23-19)16-3-1-2-7-21-16/h1-10H,(H,22,23)(H3,20,24,25). The first-order valence-electron chi connectivity index (χ1n) is 7.93. The molecule has 0 amide bonds. The van der Waals surface area contributed by atoms with Crippen molar-refractivity contribution in [3.8, 4) is 22.5 Å². The van der Waals surface area contributed by atoms with Crippen LogP contribution in [-0.2, 0) is 0 Å². The van der Waals surface area contributed by atoms with Crippen molar-refractivity contribution in [3.63, 3.8) is 0 Å². The van der Waals surface area contributed by atoms with Gasteiger partial charge in [-0.2, -0.15) is 5.10 Å². The van der Waals surface area contributed by atoms with Crippen LogP contribution in [0.25, 0.3) is 44.5 Å². The molecule has 120 valence electrons. The summed E-state index contributed by atoms with van der Waals surface area (Å²) >= 11 is 0. The SMILES string of the molecule is Nc1n[nH]c2ccc(-c3ccnc4[nH]c(-c5ccccn5)cc34)cc12. The monoisotopic (exact) mass is 326 g/mol. The van der Waals surface area contributed by atoms with E-state index in [1.54, 1.807) is 12.4 Å². The molecule has 0 saturated carbocycles. The van der Waals surface area contributed by atoms with Gasteiger partial charge in [0.1, 0.15) is 5.65 Å². The average Bonchev–Trinajstić information content (AvgIpc) is 3.26. The molecular formula is C19H14N6. The summed E-state index contributed by atoms with van der Waals surface area (Å²) < 4.78 is 0. The number of nitrogens with one attached hydrogen (secondary N) is 2. The Morgan fingerprint density at radius 1 is 0.880 bits per heavy atom. The van der Waals surface area contributed by atoms with Crippen LogP contribution >= 0.6 is 0 Å². The van der Waals surface area contributed by atoms with Gasteiger partial charge in [0.15, 0.2) is 5.82 Å². The normalized spacial score (nSPS) is 11.4. The zero-order valence-corrected chi connectivity index (χ0v) is 13.2. The van der Waals surface area contributed by atoms with Gasteiger partial charge in [-0.3, -0.25) is 10.1 Å². The molecule has 0 bridgehead atoms. The fourth-order valence-corrected chi connectivity index (χ4v) is 3.14. The molecule has 0 atom stereocenters. The topological polar surface area (TPSA) is 96.3 Å². The highest BCUT2D eigenvalue weighted by molar-refractivity contribution is 5.99. The lowest BCUT2D eigenvalue weighted by atomic mass is 10.0. The lowest BCUT2D eigenvalue weighted by Gasteiger charge is -2.03. The number of nitrogen functional groups attached to an aromatic ring is 1. The molecule has 0 aliphatic rings. The zero-order chi connectivity index (χ0) is 16.8. The molecule has 6 nitrogen and oxygen atoms in total. The molecule has 0 aliphatic heterocycles. The van der Waals surface area contributed by atoms with Gasteiger partial charge in [0.05, 0.1) is 16.9 Å². The van der Waals surface area contributed by atoms with E-state index in [1.807, 2.05) is 30.3 Å². The number of anilines is 1. The number of benzene rings is 1. The maximum atomic E-state index is 5.95. The smallest absolute Gasteiger partial charge is 0.153 e. The van der Waals surface area contributed by atoms with Gasteiger partial charge in [-0.05, 0) is 47.5 Å². The largest absolute Gasteiger partial charge is 0.382 e. The lowest BCUT2D eigenvalue weighted by Crippen LogP contribution is -1.85. The third-order valence-corrected chi connectivity index (χ3v) is 4.38. The minimum Gasteiger partial charge on any atom is -0.382 e. The summed E-state index contributed by atoms with van der Waals surface area (Å²) in [6.45, 7) is 0. The summed E-state index contributed by atoms with van der Waals surface area (Å²) in [4.78, 5) is 12.2. The van der Waals surface area contributed by atoms with E-state index in [9.17, 15) is 0 Å². The first-order chi connectivity index (χ1) is 12.3. The Hall–Kier alpha value is -3.67. The molecule has 0 fully saturated rings. The van der Waals surface area contributed by atoms with Crippen LogP contribution in [0.3, 0.4) is 0 Å². The van der Waals surface area contributed by atoms with E-state index in [1.165, 1.54) is 0 Å². The number of nitrogens with zero attached hydrogens (tertiary/aromatic N) is 3. The molecule has 4 heterocycles. The predicted octanol–water partition coefficient (Wildman–Crippen LogP) is 3.75. The van der Waals surface area contributed by atoms with Crippen LogP contribution in [0.15, 0.2) is 60.9 Å². The van der Waals surface area contributed by atoms with Crippen LogP contribution < -0.4 is 5.73 Å². The lowest BCUT2D eigenvalue weighted by molar-refractivity contribution is 1.13. The molecule has 1 aromatic carbocycles. The summed E-state index contributed by atoms with van der Waals surface area (Å²) in [5.74, 6) is 0.505. The van der Waals surface area contributed by atoms with Crippen molar-refractivity contribution in [1.82, 2.24) is 25.1 Å². The molecule has 5 aromatic rings. The molecule has 6 heteroatoms. The highest BCUT2D eigenvalue weighted by Gasteiger charge is 2.11. The van der Waals surface area contributed by atoms with Gasteiger partial charge in [-0.25, -0.2) is 4.98 Å². The Bertz CT molecular complexity index is 1200. The van der Waals surface area contributed by atoms with E-state index < -0.39 is 0 Å². The summed E-state index contributed by atoms with van der Waals surface area (Å²) in [5.41, 5.74) is 11.7. The van der Waals surface area contributed by atoms with E-state index in [-0.39, 0.29) is 0 Å². The third kappa shape index (κ3) is 2.15. The Labute approximate surface area is 142 Å². The third-order valence-electron chi connectivity index (χ3n) is 4.38. The Balaban J connectivity index is 1.72. The second-order valence-corrected chi connectivity index (χ2v) is 5.89. The predicted molar refractivity (Wildman–Crippen MR) is 98.8 cm³/mol. The molecule has 25 heavy (non-hydrogen) atoms. The van der Waals surface area contributed by atoms with Crippen LogP contribution in [0.4, 0.5) is 5.82 Å². The summed E-state index contributed by atoms with van der Waals surface area (Å²) in [7, 11) is 0. The van der Waals surface area contributed by atoms with Crippen LogP contribution in [0, 0.1) is 0 Å². The fraction of sp³-hybridized carbons (Fsp3) is 0. The highest BCUT2D eigenvalue weighted by atomic mass is 15.1. The average molecular weight is 326 g/mol. The van der Waals surface area contributed by atoms with Crippen molar-refractivity contribution >= 4 is 27.8 Å². The molecule has 4 aromatic heterocycles. The van der Waals surface area contributed by atoms with Gasteiger partial charge in [-0.15, -0.1) is 0 Å². The maximum absolute atomic E-state index is 5.95. The number of fused-ring (bicyclic) bond motifs is 2. The van der Waals surface area contributed by atoms with Crippen molar-refractivity contribution in [2.45, 2.75) is 0 Å². The summed E-state index contributed by atoms with van der Waals surface area (Å²) in [6, 6.07) is 16.0. The van der Waals surface area contributed by atoms with Crippen LogP contribution in [0.2, 0.25) is 0 Å². The Morgan fingerprint density at radius 3 is 2.72 bits per heavy atom. The van der Waals surface area contributed by atoms with Crippen LogP contribution in [0.1, 0.15) is 0 Å². The molecule has 4 N–H and O–H groups in total. The van der Waals surface area contributed by atoms with E-state index in [0.29, 0.717) is 5.82 Å². The highest BCUT2D eigenvalue weighted by Crippen LogP contribution is 2.32. The van der Waals surface area contributed by atoms with Crippen LogP contribution in [0.5, 0.6) is 0 Å². The number of aromatic amines is 2. The van der Waals surface area contributed by atoms with Gasteiger partial charge < -0.3 is 10.7 Å². The number of H-pyrrole nitrogens is 2. The van der Waals surface area contributed by atoms with Gasteiger partial charge in [-0.1, -0.05) is 12.1 Å². The molecule has 5 rings (SSSR count). The van der Waals surface area contributed by atoms with Gasteiger partial charge >= 0.3 is 0 Å². The van der Waals surface area contributed by atoms with Crippen molar-refractivity contribution in [2.75, 3.05) is 5.73 Å². The second kappa shape index (κ2) is 5.17. The number of pyridine rings is 2. The second-order valence-electron chi connectivity index (χ2n) is 5.89. The molecule has 0 unspecified atom stereocenters. The molecule has 0 spiro atoms. The van der Waals surface area contributed by atoms with Crippen molar-refractivity contribution in [1.29, 1.82) is 0 Å². The Morgan fingerprint density at radius 2 is 1.84 bits per heavy atom. The maximum Gasteiger partial charge on any atom is 0.153 e. The number of aromatic nitrogens is 5. The quantitative estimate of drug-likeness (QED) is 0.460. The number of hydrogen-bond acceptors (Lipinski definition) is 4. The Kier molecular flexibility index (Phi) is 2.84. The molecule has 0 saturated heterocycles. The van der Waals surface area contributed by atoms with Crippen molar-refractivity contribution in [3.05, 3.63) is 60.9 Å². The van der Waals surface area contributed by atoms with Crippen molar-refractivity contribution in [2.24, 2.45) is 0 Å².